The second-order valence-corrected chi connectivity index (χ2v) is 8.50. The van der Waals surface area contributed by atoms with Crippen molar-refractivity contribution in [1.82, 2.24) is 15.2 Å². The number of ether oxygens (including phenoxy) is 1. The van der Waals surface area contributed by atoms with Crippen LogP contribution in [-0.2, 0) is 6.54 Å². The molecule has 3 aromatic carbocycles. The smallest absolute Gasteiger partial charge is 0.343 e. The van der Waals surface area contributed by atoms with Crippen LogP contribution < -0.4 is 10.2 Å². The lowest BCUT2D eigenvalue weighted by atomic mass is 10.1. The fraction of sp³-hybridized carbons (Fsp3) is 0.0769. The lowest BCUT2D eigenvalue weighted by Crippen LogP contribution is -2.18. The molecule has 0 fully saturated rings. The Labute approximate surface area is 211 Å². The number of rotatable bonds is 7. The summed E-state index contributed by atoms with van der Waals surface area (Å²) in [6, 6.07) is 20.7. The molecule has 7 nitrogen and oxygen atoms in total. The quantitative estimate of drug-likeness (QED) is 0.154. The fourth-order valence-electron chi connectivity index (χ4n) is 3.10. The predicted molar refractivity (Wildman–Crippen MR) is 135 cm³/mol. The van der Waals surface area contributed by atoms with E-state index in [4.69, 9.17) is 27.9 Å². The molecule has 0 saturated heterocycles. The first-order valence-electron chi connectivity index (χ1n) is 10.6. The molecule has 0 spiro atoms. The number of benzene rings is 3. The maximum absolute atomic E-state index is 12.3. The van der Waals surface area contributed by atoms with Crippen LogP contribution >= 0.6 is 23.2 Å². The highest BCUT2D eigenvalue weighted by Crippen LogP contribution is 2.21. The average molecular weight is 507 g/mol. The third-order valence-electron chi connectivity index (χ3n) is 4.98. The third-order valence-corrected chi connectivity index (χ3v) is 5.57. The van der Waals surface area contributed by atoms with E-state index in [2.05, 4.69) is 15.6 Å². The summed E-state index contributed by atoms with van der Waals surface area (Å²) < 4.78 is 6.98. The molecule has 9 heteroatoms. The fourth-order valence-corrected chi connectivity index (χ4v) is 3.56. The van der Waals surface area contributed by atoms with Crippen LogP contribution in [-0.4, -0.2) is 27.9 Å². The molecule has 0 aliphatic carbocycles. The van der Waals surface area contributed by atoms with Gasteiger partial charge in [-0.2, -0.15) is 10.2 Å². The van der Waals surface area contributed by atoms with Crippen molar-refractivity contribution in [1.29, 1.82) is 0 Å². The molecule has 0 atom stereocenters. The van der Waals surface area contributed by atoms with Crippen LogP contribution in [0.25, 0.3) is 0 Å². The minimum absolute atomic E-state index is 0.214. The lowest BCUT2D eigenvalue weighted by Gasteiger charge is -2.05. The van der Waals surface area contributed by atoms with Crippen molar-refractivity contribution in [3.05, 3.63) is 117 Å². The van der Waals surface area contributed by atoms with Crippen LogP contribution in [0, 0.1) is 6.92 Å². The second-order valence-electron chi connectivity index (χ2n) is 7.66. The molecule has 0 unspecified atom stereocenters. The van der Waals surface area contributed by atoms with Crippen molar-refractivity contribution >= 4 is 41.3 Å². The summed E-state index contributed by atoms with van der Waals surface area (Å²) in [6.07, 6.45) is 3.16. The van der Waals surface area contributed by atoms with Crippen LogP contribution in [0.2, 0.25) is 10.0 Å². The van der Waals surface area contributed by atoms with Crippen molar-refractivity contribution in [3.8, 4) is 5.75 Å². The van der Waals surface area contributed by atoms with Crippen LogP contribution in [0.15, 0.2) is 84.1 Å². The maximum atomic E-state index is 12.3. The summed E-state index contributed by atoms with van der Waals surface area (Å²) in [6.45, 7) is 2.34. The van der Waals surface area contributed by atoms with Gasteiger partial charge in [0.25, 0.3) is 5.91 Å². The van der Waals surface area contributed by atoms with E-state index in [-0.39, 0.29) is 5.69 Å². The number of amides is 1. The average Bonchev–Trinajstić information content (AvgIpc) is 3.31. The van der Waals surface area contributed by atoms with E-state index in [9.17, 15) is 9.59 Å². The molecule has 1 amide bonds. The van der Waals surface area contributed by atoms with Crippen LogP contribution in [0.1, 0.15) is 37.5 Å². The van der Waals surface area contributed by atoms with Gasteiger partial charge in [0.1, 0.15) is 5.75 Å². The van der Waals surface area contributed by atoms with Gasteiger partial charge in [-0.15, -0.1) is 0 Å². The number of hydrogen-bond donors (Lipinski definition) is 1. The van der Waals surface area contributed by atoms with Crippen molar-refractivity contribution in [2.75, 3.05) is 0 Å². The normalized spacial score (nSPS) is 10.9. The summed E-state index contributed by atoms with van der Waals surface area (Å²) >= 11 is 12.1. The molecule has 35 heavy (non-hydrogen) atoms. The number of halogens is 2. The number of aryl methyl sites for hydroxylation is 1. The highest BCUT2D eigenvalue weighted by Gasteiger charge is 2.10. The minimum atomic E-state index is -0.453. The summed E-state index contributed by atoms with van der Waals surface area (Å²) in [4.78, 5) is 24.6. The molecular weight excluding hydrogens is 487 g/mol. The number of nitrogens with one attached hydrogen (secondary N) is 1. The van der Waals surface area contributed by atoms with Gasteiger partial charge in [-0.05, 0) is 72.6 Å². The number of hydrogen-bond acceptors (Lipinski definition) is 5. The van der Waals surface area contributed by atoms with Gasteiger partial charge in [0.15, 0.2) is 5.69 Å². The molecule has 0 saturated carbocycles. The lowest BCUT2D eigenvalue weighted by molar-refractivity contribution is 0.0734. The zero-order chi connectivity index (χ0) is 24.8. The second kappa shape index (κ2) is 11.0. The molecule has 0 bridgehead atoms. The summed E-state index contributed by atoms with van der Waals surface area (Å²) in [5, 5.41) is 9.30. The number of hydrazone groups is 1. The molecule has 176 valence electrons. The standard InChI is InChI=1S/C26H20Cl2N4O3/c1-17-2-6-19(7-3-17)26(34)35-22-10-4-18(5-11-22)15-29-30-25(33)24-12-13-32(31-24)16-20-8-9-21(27)14-23(20)28/h2-15H,16H2,1H3,(H,30,33). The molecule has 1 aromatic heterocycles. The van der Waals surface area contributed by atoms with Gasteiger partial charge in [-0.25, -0.2) is 10.2 Å². The molecular formula is C26H20Cl2N4O3. The van der Waals surface area contributed by atoms with Gasteiger partial charge < -0.3 is 4.74 Å². The van der Waals surface area contributed by atoms with Gasteiger partial charge in [-0.3, -0.25) is 9.48 Å². The van der Waals surface area contributed by atoms with Crippen molar-refractivity contribution < 1.29 is 14.3 Å². The SMILES string of the molecule is Cc1ccc(C(=O)Oc2ccc(C=NNC(=O)c3ccn(Cc4ccc(Cl)cc4Cl)n3)cc2)cc1. The summed E-state index contributed by atoms with van der Waals surface area (Å²) in [5.74, 6) is -0.481. The number of carbonyl (C=O) groups is 2. The zero-order valence-corrected chi connectivity index (χ0v) is 20.1. The number of aromatic nitrogens is 2. The van der Waals surface area contributed by atoms with E-state index in [1.165, 1.54) is 6.21 Å². The van der Waals surface area contributed by atoms with Crippen molar-refractivity contribution in [2.45, 2.75) is 13.5 Å². The van der Waals surface area contributed by atoms with Gasteiger partial charge in [0, 0.05) is 16.2 Å². The van der Waals surface area contributed by atoms with Gasteiger partial charge in [0.05, 0.1) is 18.3 Å². The Bertz CT molecular complexity index is 1380. The van der Waals surface area contributed by atoms with E-state index in [0.29, 0.717) is 33.5 Å². The molecule has 0 aliphatic heterocycles. The first-order valence-corrected chi connectivity index (χ1v) is 11.3. The molecule has 0 radical (unpaired) electrons. The van der Waals surface area contributed by atoms with E-state index < -0.39 is 11.9 Å². The Morgan fingerprint density at radius 3 is 2.49 bits per heavy atom. The molecule has 4 aromatic rings. The topological polar surface area (TPSA) is 85.6 Å². The monoisotopic (exact) mass is 506 g/mol. The molecule has 1 heterocycles. The minimum Gasteiger partial charge on any atom is -0.423 e. The Morgan fingerprint density at radius 1 is 1.03 bits per heavy atom. The first-order chi connectivity index (χ1) is 16.9. The number of nitrogens with zero attached hydrogens (tertiary/aromatic N) is 3. The maximum Gasteiger partial charge on any atom is 0.343 e. The Hall–Kier alpha value is -3.94. The van der Waals surface area contributed by atoms with E-state index in [0.717, 1.165) is 11.1 Å². The number of carbonyl (C=O) groups excluding carboxylic acids is 2. The van der Waals surface area contributed by atoms with Crippen LogP contribution in [0.3, 0.4) is 0 Å². The van der Waals surface area contributed by atoms with Crippen molar-refractivity contribution in [2.24, 2.45) is 5.10 Å². The third kappa shape index (κ3) is 6.56. The van der Waals surface area contributed by atoms with E-state index in [1.54, 1.807) is 65.5 Å². The number of esters is 1. The highest BCUT2D eigenvalue weighted by atomic mass is 35.5. The molecule has 0 aliphatic rings. The summed E-state index contributed by atoms with van der Waals surface area (Å²) in [5.41, 5.74) is 5.74. The van der Waals surface area contributed by atoms with Gasteiger partial charge in [0.2, 0.25) is 0 Å². The van der Waals surface area contributed by atoms with Gasteiger partial charge >= 0.3 is 5.97 Å². The summed E-state index contributed by atoms with van der Waals surface area (Å²) in [7, 11) is 0. The Morgan fingerprint density at radius 2 is 1.77 bits per heavy atom. The first kappa shape index (κ1) is 24.2. The molecule has 4 rings (SSSR count). The Kier molecular flexibility index (Phi) is 7.60. The zero-order valence-electron chi connectivity index (χ0n) is 18.6. The van der Waals surface area contributed by atoms with E-state index >= 15 is 0 Å². The molecule has 1 N–H and O–H groups in total. The van der Waals surface area contributed by atoms with Crippen LogP contribution in [0.4, 0.5) is 0 Å². The van der Waals surface area contributed by atoms with E-state index in [1.807, 2.05) is 25.1 Å². The Balaban J connectivity index is 1.30. The van der Waals surface area contributed by atoms with Gasteiger partial charge in [-0.1, -0.05) is 47.0 Å². The van der Waals surface area contributed by atoms with Crippen LogP contribution in [0.5, 0.6) is 5.75 Å². The van der Waals surface area contributed by atoms with Crippen molar-refractivity contribution in [3.63, 3.8) is 0 Å². The highest BCUT2D eigenvalue weighted by molar-refractivity contribution is 6.35. The largest absolute Gasteiger partial charge is 0.423 e. The predicted octanol–water partition coefficient (Wildman–Crippen LogP) is 5.53.